The van der Waals surface area contributed by atoms with Crippen molar-refractivity contribution in [2.24, 2.45) is 0 Å². The highest BCUT2D eigenvalue weighted by Crippen LogP contribution is 2.41. The van der Waals surface area contributed by atoms with Gasteiger partial charge in [-0.05, 0) is 38.7 Å². The largest absolute Gasteiger partial charge is 0.485 e. The Balaban J connectivity index is 1.71. The fourth-order valence-electron chi connectivity index (χ4n) is 3.62. The van der Waals surface area contributed by atoms with Gasteiger partial charge in [-0.25, -0.2) is 4.79 Å². The van der Waals surface area contributed by atoms with Gasteiger partial charge in [-0.1, -0.05) is 91.0 Å². The van der Waals surface area contributed by atoms with Crippen molar-refractivity contribution >= 4 is 27.7 Å². The quantitative estimate of drug-likeness (QED) is 0.242. The van der Waals surface area contributed by atoms with Gasteiger partial charge in [0.05, 0.1) is 30.4 Å². The minimum atomic E-state index is -1.96. The Morgan fingerprint density at radius 1 is 0.750 bits per heavy atom. The van der Waals surface area contributed by atoms with Crippen LogP contribution >= 0.6 is 15.9 Å². The number of ether oxygens (including phenoxy) is 4. The molecule has 0 aliphatic heterocycles. The molecule has 0 atom stereocenters. The molecule has 4 rings (SSSR count). The zero-order valence-corrected chi connectivity index (χ0v) is 21.3. The average molecular weight is 549 g/mol. The molecule has 3 aromatic rings. The van der Waals surface area contributed by atoms with Crippen LogP contribution in [0.1, 0.15) is 16.7 Å². The highest BCUT2D eigenvalue weighted by Gasteiger charge is 2.51. The van der Waals surface area contributed by atoms with Gasteiger partial charge in [-0.3, -0.25) is 4.79 Å². The Labute approximate surface area is 218 Å². The molecule has 0 saturated carbocycles. The Morgan fingerprint density at radius 3 is 1.64 bits per heavy atom. The fourth-order valence-corrected chi connectivity index (χ4v) is 4.30. The first-order valence-electron chi connectivity index (χ1n) is 11.3. The summed E-state index contributed by atoms with van der Waals surface area (Å²) in [4.78, 5) is 26.6. The predicted molar refractivity (Wildman–Crippen MR) is 137 cm³/mol. The number of carbonyl (C=O) groups is 2. The van der Waals surface area contributed by atoms with E-state index in [1.54, 1.807) is 0 Å². The zero-order chi connectivity index (χ0) is 25.4. The number of ketones is 1. The summed E-state index contributed by atoms with van der Waals surface area (Å²) >= 11 is 3.44. The van der Waals surface area contributed by atoms with Crippen LogP contribution in [-0.2, 0) is 48.4 Å². The molecule has 0 spiro atoms. The van der Waals surface area contributed by atoms with Crippen LogP contribution in [-0.4, -0.2) is 24.6 Å². The molecular formula is C29H25BrO6. The van der Waals surface area contributed by atoms with Gasteiger partial charge in [0.25, 0.3) is 11.6 Å². The molecule has 0 unspecified atom stereocenters. The molecule has 0 N–H and O–H groups in total. The molecule has 0 aromatic heterocycles. The van der Waals surface area contributed by atoms with Gasteiger partial charge >= 0.3 is 5.97 Å². The Bertz CT molecular complexity index is 1210. The van der Waals surface area contributed by atoms with Crippen LogP contribution in [0.3, 0.4) is 0 Å². The van der Waals surface area contributed by atoms with E-state index in [1.807, 2.05) is 91.0 Å². The van der Waals surface area contributed by atoms with Crippen LogP contribution in [0.5, 0.6) is 0 Å². The SMILES string of the molecule is COC(=O)C1=C(Br)C(OCc2ccccc2)(OCc2ccccc2)C(=O)C(OCc2ccccc2)=C1. The number of hydrogen-bond acceptors (Lipinski definition) is 6. The Morgan fingerprint density at radius 2 is 1.19 bits per heavy atom. The summed E-state index contributed by atoms with van der Waals surface area (Å²) < 4.78 is 23.4. The molecule has 0 fully saturated rings. The maximum absolute atomic E-state index is 13.9. The van der Waals surface area contributed by atoms with Gasteiger partial charge in [-0.15, -0.1) is 0 Å². The van der Waals surface area contributed by atoms with E-state index < -0.39 is 17.5 Å². The van der Waals surface area contributed by atoms with Crippen molar-refractivity contribution in [1.82, 2.24) is 0 Å². The number of hydrogen-bond donors (Lipinski definition) is 0. The lowest BCUT2D eigenvalue weighted by molar-refractivity contribution is -0.217. The summed E-state index contributed by atoms with van der Waals surface area (Å²) in [7, 11) is 1.27. The summed E-state index contributed by atoms with van der Waals surface area (Å²) in [5, 5.41) is 0. The third kappa shape index (κ3) is 5.82. The first kappa shape index (κ1) is 25.6. The van der Waals surface area contributed by atoms with Crippen LogP contribution in [0.4, 0.5) is 0 Å². The minimum Gasteiger partial charge on any atom is -0.485 e. The summed E-state index contributed by atoms with van der Waals surface area (Å²) in [6, 6.07) is 28.2. The van der Waals surface area contributed by atoms with E-state index in [9.17, 15) is 9.59 Å². The predicted octanol–water partition coefficient (Wildman–Crippen LogP) is 5.62. The van der Waals surface area contributed by atoms with E-state index >= 15 is 0 Å². The van der Waals surface area contributed by atoms with Gasteiger partial charge in [0, 0.05) is 0 Å². The third-order valence-corrected chi connectivity index (χ3v) is 6.49. The van der Waals surface area contributed by atoms with Crippen molar-refractivity contribution in [3.63, 3.8) is 0 Å². The van der Waals surface area contributed by atoms with Gasteiger partial charge < -0.3 is 18.9 Å². The molecule has 0 radical (unpaired) electrons. The Hall–Kier alpha value is -3.52. The van der Waals surface area contributed by atoms with Crippen LogP contribution in [0.15, 0.2) is 113 Å². The third-order valence-electron chi connectivity index (χ3n) is 5.54. The van der Waals surface area contributed by atoms with Crippen LogP contribution in [0, 0.1) is 0 Å². The summed E-state index contributed by atoms with van der Waals surface area (Å²) in [5.41, 5.74) is 2.59. The number of esters is 1. The molecule has 184 valence electrons. The number of methoxy groups -OCH3 is 1. The van der Waals surface area contributed by atoms with Gasteiger partial charge in [0.1, 0.15) is 6.61 Å². The molecule has 36 heavy (non-hydrogen) atoms. The summed E-state index contributed by atoms with van der Waals surface area (Å²) in [5.74, 6) is -3.25. The first-order valence-corrected chi connectivity index (χ1v) is 12.1. The van der Waals surface area contributed by atoms with E-state index in [2.05, 4.69) is 15.9 Å². The summed E-state index contributed by atoms with van der Waals surface area (Å²) in [6.45, 7) is 0.228. The topological polar surface area (TPSA) is 71.1 Å². The number of carbonyl (C=O) groups excluding carboxylic acids is 2. The average Bonchev–Trinajstić information content (AvgIpc) is 2.93. The van der Waals surface area contributed by atoms with Crippen molar-refractivity contribution in [2.45, 2.75) is 25.6 Å². The van der Waals surface area contributed by atoms with Crippen LogP contribution in [0.25, 0.3) is 0 Å². The van der Waals surface area contributed by atoms with Gasteiger partial charge in [0.2, 0.25) is 0 Å². The summed E-state index contributed by atoms with van der Waals surface area (Å²) in [6.07, 6.45) is 1.36. The first-order chi connectivity index (χ1) is 17.5. The van der Waals surface area contributed by atoms with Crippen molar-refractivity contribution in [3.8, 4) is 0 Å². The smallest absolute Gasteiger partial charge is 0.339 e. The Kier molecular flexibility index (Phi) is 8.48. The molecular weight excluding hydrogens is 524 g/mol. The van der Waals surface area contributed by atoms with E-state index in [0.717, 1.165) is 16.7 Å². The minimum absolute atomic E-state index is 0.0525. The lowest BCUT2D eigenvalue weighted by Gasteiger charge is -2.35. The maximum Gasteiger partial charge on any atom is 0.339 e. The number of Topliss-reactive ketones (excluding diaryl/α,β-unsaturated/α-hetero) is 1. The van der Waals surface area contributed by atoms with Crippen LogP contribution < -0.4 is 0 Å². The number of benzene rings is 3. The maximum atomic E-state index is 13.9. The molecule has 1 aliphatic rings. The van der Waals surface area contributed by atoms with E-state index in [1.165, 1.54) is 13.2 Å². The van der Waals surface area contributed by atoms with E-state index in [0.29, 0.717) is 0 Å². The lowest BCUT2D eigenvalue weighted by atomic mass is 9.97. The second-order valence-corrected chi connectivity index (χ2v) is 8.79. The van der Waals surface area contributed by atoms with Crippen molar-refractivity contribution in [2.75, 3.05) is 7.11 Å². The van der Waals surface area contributed by atoms with Crippen molar-refractivity contribution in [3.05, 3.63) is 130 Å². The van der Waals surface area contributed by atoms with E-state index in [4.69, 9.17) is 18.9 Å². The lowest BCUT2D eigenvalue weighted by Crippen LogP contribution is -2.48. The fraction of sp³-hybridized carbons (Fsp3) is 0.172. The molecule has 0 heterocycles. The van der Waals surface area contributed by atoms with E-state index in [-0.39, 0.29) is 35.6 Å². The number of rotatable bonds is 10. The highest BCUT2D eigenvalue weighted by atomic mass is 79.9. The van der Waals surface area contributed by atoms with Gasteiger partial charge in [-0.2, -0.15) is 0 Å². The normalized spacial score (nSPS) is 14.8. The monoisotopic (exact) mass is 548 g/mol. The van der Waals surface area contributed by atoms with Gasteiger partial charge in [0.15, 0.2) is 5.76 Å². The van der Waals surface area contributed by atoms with Crippen molar-refractivity contribution < 1.29 is 28.5 Å². The molecule has 0 saturated heterocycles. The molecule has 0 amide bonds. The highest BCUT2D eigenvalue weighted by molar-refractivity contribution is 9.11. The molecule has 7 heteroatoms. The zero-order valence-electron chi connectivity index (χ0n) is 19.7. The molecule has 6 nitrogen and oxygen atoms in total. The number of halogens is 1. The second kappa shape index (κ2) is 11.9. The molecule has 3 aromatic carbocycles. The van der Waals surface area contributed by atoms with Crippen LogP contribution in [0.2, 0.25) is 0 Å². The second-order valence-electron chi connectivity index (χ2n) is 8.00. The molecule has 1 aliphatic carbocycles. The van der Waals surface area contributed by atoms with Crippen molar-refractivity contribution in [1.29, 1.82) is 0 Å². The standard InChI is InChI=1S/C29H25BrO6/c1-33-28(32)24-17-25(34-18-21-11-5-2-6-12-21)27(31)29(26(24)30,35-19-22-13-7-3-8-14-22)36-20-23-15-9-4-10-16-23/h2-17H,18-20H2,1H3. The molecule has 0 bridgehead atoms.